The SMILES string of the molecule is CN1CC[C@@H](Nc2cccn3c(CC(F)(F)F)c(-c4noc(CNC(=O)C5CC5)n4)nc23)[C@@H](F)C1. The molecule has 0 unspecified atom stereocenters. The maximum Gasteiger partial charge on any atom is 0.394 e. The summed E-state index contributed by atoms with van der Waals surface area (Å²) in [5.74, 6) is -0.175. The van der Waals surface area contributed by atoms with Crippen LogP contribution in [0.15, 0.2) is 22.9 Å². The lowest BCUT2D eigenvalue weighted by Gasteiger charge is -2.33. The van der Waals surface area contributed by atoms with E-state index in [1.807, 2.05) is 11.9 Å². The molecule has 1 amide bonds. The molecular weight excluding hydrogens is 470 g/mol. The number of imidazole rings is 1. The first-order valence-electron chi connectivity index (χ1n) is 11.4. The van der Waals surface area contributed by atoms with Crippen LogP contribution in [0.1, 0.15) is 30.8 Å². The molecule has 5 rings (SSSR count). The number of carbonyl (C=O) groups is 1. The molecule has 35 heavy (non-hydrogen) atoms. The van der Waals surface area contributed by atoms with Crippen molar-refractivity contribution >= 4 is 17.2 Å². The predicted molar refractivity (Wildman–Crippen MR) is 117 cm³/mol. The summed E-state index contributed by atoms with van der Waals surface area (Å²) in [4.78, 5) is 22.3. The van der Waals surface area contributed by atoms with Gasteiger partial charge in [0.1, 0.15) is 11.9 Å². The van der Waals surface area contributed by atoms with Crippen molar-refractivity contribution in [3.63, 3.8) is 0 Å². The van der Waals surface area contributed by atoms with Gasteiger partial charge < -0.3 is 24.5 Å². The normalized spacial score (nSPS) is 21.4. The Morgan fingerprint density at radius 2 is 2.06 bits per heavy atom. The van der Waals surface area contributed by atoms with Gasteiger partial charge in [0.05, 0.1) is 30.4 Å². The van der Waals surface area contributed by atoms with Gasteiger partial charge in [-0.25, -0.2) is 9.37 Å². The fourth-order valence-electron chi connectivity index (χ4n) is 4.26. The molecule has 2 N–H and O–H groups in total. The summed E-state index contributed by atoms with van der Waals surface area (Å²) in [6.07, 6.45) is -3.24. The number of hydrogen-bond donors (Lipinski definition) is 2. The van der Waals surface area contributed by atoms with Crippen molar-refractivity contribution in [2.24, 2.45) is 5.92 Å². The van der Waals surface area contributed by atoms with E-state index in [-0.39, 0.29) is 53.7 Å². The van der Waals surface area contributed by atoms with Crippen molar-refractivity contribution in [1.29, 1.82) is 0 Å². The van der Waals surface area contributed by atoms with Crippen LogP contribution in [0, 0.1) is 5.92 Å². The lowest BCUT2D eigenvalue weighted by molar-refractivity contribution is -0.128. The summed E-state index contributed by atoms with van der Waals surface area (Å²) >= 11 is 0. The number of pyridine rings is 1. The van der Waals surface area contributed by atoms with E-state index < -0.39 is 24.8 Å². The van der Waals surface area contributed by atoms with Crippen molar-refractivity contribution in [1.82, 2.24) is 29.7 Å². The van der Waals surface area contributed by atoms with E-state index in [0.717, 1.165) is 12.8 Å². The molecule has 1 saturated carbocycles. The first-order chi connectivity index (χ1) is 16.7. The molecule has 0 aromatic carbocycles. The molecule has 4 heterocycles. The molecule has 1 aliphatic heterocycles. The highest BCUT2D eigenvalue weighted by molar-refractivity contribution is 5.80. The second-order valence-corrected chi connectivity index (χ2v) is 9.14. The molecule has 188 valence electrons. The van der Waals surface area contributed by atoms with Crippen molar-refractivity contribution < 1.29 is 26.9 Å². The van der Waals surface area contributed by atoms with E-state index in [0.29, 0.717) is 18.7 Å². The third kappa shape index (κ3) is 5.24. The second kappa shape index (κ2) is 9.10. The monoisotopic (exact) mass is 495 g/mol. The molecule has 0 spiro atoms. The second-order valence-electron chi connectivity index (χ2n) is 9.14. The van der Waals surface area contributed by atoms with Crippen LogP contribution in [0.5, 0.6) is 0 Å². The summed E-state index contributed by atoms with van der Waals surface area (Å²) in [6, 6.07) is 2.75. The van der Waals surface area contributed by atoms with Crippen molar-refractivity contribution in [3.05, 3.63) is 29.9 Å². The number of halogens is 4. The van der Waals surface area contributed by atoms with Crippen LogP contribution in [-0.2, 0) is 17.8 Å². The van der Waals surface area contributed by atoms with Gasteiger partial charge in [0.2, 0.25) is 17.6 Å². The average Bonchev–Trinajstić information content (AvgIpc) is 3.44. The summed E-state index contributed by atoms with van der Waals surface area (Å²) in [6.45, 7) is 0.941. The first kappa shape index (κ1) is 23.5. The highest BCUT2D eigenvalue weighted by atomic mass is 19.4. The van der Waals surface area contributed by atoms with Crippen LogP contribution in [0.4, 0.5) is 23.2 Å². The predicted octanol–water partition coefficient (Wildman–Crippen LogP) is 2.97. The summed E-state index contributed by atoms with van der Waals surface area (Å²) < 4.78 is 61.5. The average molecular weight is 495 g/mol. The van der Waals surface area contributed by atoms with Crippen molar-refractivity contribution in [2.45, 2.75) is 50.6 Å². The molecule has 9 nitrogen and oxygen atoms in total. The Balaban J connectivity index is 1.46. The summed E-state index contributed by atoms with van der Waals surface area (Å²) in [5, 5.41) is 9.61. The molecule has 13 heteroatoms. The van der Waals surface area contributed by atoms with Gasteiger partial charge in [-0.15, -0.1) is 0 Å². The Kier molecular flexibility index (Phi) is 6.11. The summed E-state index contributed by atoms with van der Waals surface area (Å²) in [7, 11) is 1.84. The Labute approximate surface area is 197 Å². The lowest BCUT2D eigenvalue weighted by Crippen LogP contribution is -2.46. The molecule has 2 aliphatic rings. The summed E-state index contributed by atoms with van der Waals surface area (Å²) in [5.41, 5.74) is 0.381. The molecule has 0 bridgehead atoms. The quantitative estimate of drug-likeness (QED) is 0.486. The van der Waals surface area contributed by atoms with Gasteiger partial charge >= 0.3 is 6.18 Å². The Morgan fingerprint density at radius 3 is 2.77 bits per heavy atom. The number of hydrogen-bond acceptors (Lipinski definition) is 7. The molecule has 2 fully saturated rings. The molecular formula is C22H25F4N7O2. The number of carbonyl (C=O) groups excluding carboxylic acids is 1. The van der Waals surface area contributed by atoms with Crippen LogP contribution in [-0.4, -0.2) is 68.9 Å². The van der Waals surface area contributed by atoms with E-state index >= 15 is 0 Å². The zero-order valence-electron chi connectivity index (χ0n) is 19.0. The molecule has 2 atom stereocenters. The Morgan fingerprint density at radius 1 is 1.26 bits per heavy atom. The molecule has 0 radical (unpaired) electrons. The molecule has 3 aromatic heterocycles. The maximum absolute atomic E-state index is 14.6. The van der Waals surface area contributed by atoms with Gasteiger partial charge in [0.15, 0.2) is 5.65 Å². The number of anilines is 1. The zero-order valence-corrected chi connectivity index (χ0v) is 19.0. The van der Waals surface area contributed by atoms with Gasteiger partial charge in [-0.1, -0.05) is 5.16 Å². The van der Waals surface area contributed by atoms with E-state index in [4.69, 9.17) is 4.52 Å². The number of nitrogens with zero attached hydrogens (tertiary/aromatic N) is 5. The number of likely N-dealkylation sites (tertiary alicyclic amines) is 1. The lowest BCUT2D eigenvalue weighted by atomic mass is 10.0. The van der Waals surface area contributed by atoms with Crippen molar-refractivity contribution in [3.8, 4) is 11.5 Å². The zero-order chi connectivity index (χ0) is 24.7. The Hall–Kier alpha value is -3.22. The number of piperidine rings is 1. The fourth-order valence-corrected chi connectivity index (χ4v) is 4.26. The largest absolute Gasteiger partial charge is 0.394 e. The van der Waals surface area contributed by atoms with Gasteiger partial charge in [-0.3, -0.25) is 4.79 Å². The van der Waals surface area contributed by atoms with E-state index in [2.05, 4.69) is 25.8 Å². The Bertz CT molecular complexity index is 1220. The minimum absolute atomic E-state index is 0.00590. The van der Waals surface area contributed by atoms with E-state index in [9.17, 15) is 22.4 Å². The number of aromatic nitrogens is 4. The first-order valence-corrected chi connectivity index (χ1v) is 11.4. The van der Waals surface area contributed by atoms with Gasteiger partial charge in [0, 0.05) is 25.2 Å². The third-order valence-corrected chi connectivity index (χ3v) is 6.24. The minimum atomic E-state index is -4.52. The van der Waals surface area contributed by atoms with Crippen LogP contribution in [0.2, 0.25) is 0 Å². The standard InChI is InChI=1S/C22H25F4N7O2/c1-32-8-6-14(13(23)11-32)28-15-3-2-7-33-16(9-22(24,25)26)18(30-20(15)33)19-29-17(35-31-19)10-27-21(34)12-4-5-12/h2-3,7,12-14,28H,4-6,8-11H2,1H3,(H,27,34)/t13-,14+/m0/s1. The highest BCUT2D eigenvalue weighted by Gasteiger charge is 2.34. The number of alkyl halides is 4. The topological polar surface area (TPSA) is 101 Å². The third-order valence-electron chi connectivity index (χ3n) is 6.24. The maximum atomic E-state index is 14.6. The van der Waals surface area contributed by atoms with E-state index in [1.54, 1.807) is 12.1 Å². The molecule has 1 aliphatic carbocycles. The van der Waals surface area contributed by atoms with Crippen LogP contribution < -0.4 is 10.6 Å². The number of nitrogens with one attached hydrogen (secondary N) is 2. The van der Waals surface area contributed by atoms with Gasteiger partial charge in [-0.05, 0) is 38.4 Å². The van der Waals surface area contributed by atoms with Gasteiger partial charge in [0.25, 0.3) is 0 Å². The molecule has 3 aromatic rings. The highest BCUT2D eigenvalue weighted by Crippen LogP contribution is 2.32. The van der Waals surface area contributed by atoms with Crippen LogP contribution in [0.25, 0.3) is 17.2 Å². The smallest absolute Gasteiger partial charge is 0.376 e. The van der Waals surface area contributed by atoms with Gasteiger partial charge in [-0.2, -0.15) is 18.2 Å². The number of rotatable bonds is 7. The van der Waals surface area contributed by atoms with E-state index in [1.165, 1.54) is 10.6 Å². The molecule has 1 saturated heterocycles. The number of amides is 1. The minimum Gasteiger partial charge on any atom is -0.376 e. The fraction of sp³-hybridized carbons (Fsp3) is 0.545. The van der Waals surface area contributed by atoms with Crippen molar-refractivity contribution in [2.75, 3.05) is 25.5 Å². The number of fused-ring (bicyclic) bond motifs is 1. The van der Waals surface area contributed by atoms with Crippen LogP contribution in [0.3, 0.4) is 0 Å². The van der Waals surface area contributed by atoms with Crippen LogP contribution >= 0.6 is 0 Å².